The molecule has 3 aromatic carbocycles. The fourth-order valence-electron chi connectivity index (χ4n) is 4.53. The summed E-state index contributed by atoms with van der Waals surface area (Å²) in [5, 5.41) is 0. The predicted octanol–water partition coefficient (Wildman–Crippen LogP) is 4.79. The first-order valence-electron chi connectivity index (χ1n) is 12.7. The van der Waals surface area contributed by atoms with Crippen LogP contribution in [0.15, 0.2) is 98.3 Å². The van der Waals surface area contributed by atoms with E-state index in [0.29, 0.717) is 37.5 Å². The van der Waals surface area contributed by atoms with Crippen LogP contribution in [0.4, 0.5) is 0 Å². The molecule has 41 heavy (non-hydrogen) atoms. The number of nitrogens with zero attached hydrogens (tertiary/aromatic N) is 2. The summed E-state index contributed by atoms with van der Waals surface area (Å²) in [6.45, 7) is 3.69. The van der Waals surface area contributed by atoms with Crippen molar-refractivity contribution >= 4 is 45.3 Å². The molecule has 0 N–H and O–H groups in total. The van der Waals surface area contributed by atoms with Gasteiger partial charge in [0.1, 0.15) is 0 Å². The third-order valence-corrected chi connectivity index (χ3v) is 7.86. The number of esters is 2. The Labute approximate surface area is 248 Å². The zero-order valence-electron chi connectivity index (χ0n) is 22.4. The van der Waals surface area contributed by atoms with Crippen LogP contribution in [0.25, 0.3) is 6.08 Å². The summed E-state index contributed by atoms with van der Waals surface area (Å²) in [5.41, 5.74) is 2.36. The van der Waals surface area contributed by atoms with Gasteiger partial charge in [0.25, 0.3) is 5.56 Å². The fourth-order valence-corrected chi connectivity index (χ4v) is 5.97. The second-order valence-electron chi connectivity index (χ2n) is 9.02. The summed E-state index contributed by atoms with van der Waals surface area (Å²) in [6.07, 6.45) is 1.72. The number of hydrogen-bond donors (Lipinski definition) is 0. The van der Waals surface area contributed by atoms with Crippen molar-refractivity contribution in [3.63, 3.8) is 0 Å². The van der Waals surface area contributed by atoms with Gasteiger partial charge in [0.2, 0.25) is 0 Å². The van der Waals surface area contributed by atoms with Crippen molar-refractivity contribution in [3.05, 3.63) is 125 Å². The van der Waals surface area contributed by atoms with Gasteiger partial charge in [-0.15, -0.1) is 0 Å². The molecule has 0 spiro atoms. The number of carbonyl (C=O) groups excluding carboxylic acids is 2. The summed E-state index contributed by atoms with van der Waals surface area (Å²) in [4.78, 5) is 44.5. The Morgan fingerprint density at radius 2 is 1.80 bits per heavy atom. The zero-order valence-corrected chi connectivity index (χ0v) is 24.8. The van der Waals surface area contributed by atoms with E-state index < -0.39 is 18.0 Å². The normalized spacial score (nSPS) is 14.7. The lowest BCUT2D eigenvalue weighted by molar-refractivity contribution is -0.139. The van der Waals surface area contributed by atoms with Crippen LogP contribution in [-0.4, -0.2) is 30.2 Å². The van der Waals surface area contributed by atoms with Crippen molar-refractivity contribution < 1.29 is 23.8 Å². The third kappa shape index (κ3) is 5.79. The summed E-state index contributed by atoms with van der Waals surface area (Å²) in [6, 6.07) is 20.6. The molecule has 0 saturated heterocycles. The maximum atomic E-state index is 13.8. The predicted molar refractivity (Wildman–Crippen MR) is 159 cm³/mol. The Morgan fingerprint density at radius 3 is 2.51 bits per heavy atom. The van der Waals surface area contributed by atoms with Gasteiger partial charge < -0.3 is 14.2 Å². The van der Waals surface area contributed by atoms with E-state index in [1.165, 1.54) is 23.0 Å². The van der Waals surface area contributed by atoms with E-state index in [-0.39, 0.29) is 17.9 Å². The van der Waals surface area contributed by atoms with Gasteiger partial charge in [-0.2, -0.15) is 0 Å². The lowest BCUT2D eigenvalue weighted by atomic mass is 9.96. The highest BCUT2D eigenvalue weighted by atomic mass is 79.9. The van der Waals surface area contributed by atoms with Crippen LogP contribution in [0, 0.1) is 0 Å². The topological polar surface area (TPSA) is 96.2 Å². The molecule has 8 nitrogen and oxygen atoms in total. The van der Waals surface area contributed by atoms with E-state index >= 15 is 0 Å². The molecule has 10 heteroatoms. The molecule has 5 rings (SSSR count). The van der Waals surface area contributed by atoms with Crippen LogP contribution < -0.4 is 24.4 Å². The average molecular weight is 634 g/mol. The van der Waals surface area contributed by atoms with E-state index in [4.69, 9.17) is 14.2 Å². The number of fused-ring (bicyclic) bond motifs is 1. The molecule has 2 heterocycles. The maximum Gasteiger partial charge on any atom is 0.343 e. The molecule has 0 bridgehead atoms. The van der Waals surface area contributed by atoms with Crippen LogP contribution in [0.3, 0.4) is 0 Å². The quantitative estimate of drug-likeness (QED) is 0.215. The number of ether oxygens (including phenoxy) is 3. The van der Waals surface area contributed by atoms with Gasteiger partial charge in [0.05, 0.1) is 41.1 Å². The molecule has 0 radical (unpaired) electrons. The van der Waals surface area contributed by atoms with Gasteiger partial charge in [-0.3, -0.25) is 9.36 Å². The molecule has 0 unspecified atom stereocenters. The van der Waals surface area contributed by atoms with Crippen molar-refractivity contribution in [2.24, 2.45) is 4.99 Å². The molecule has 0 fully saturated rings. The number of allylic oxidation sites excluding steroid dienone is 1. The highest BCUT2D eigenvalue weighted by Crippen LogP contribution is 2.31. The van der Waals surface area contributed by atoms with Gasteiger partial charge in [0.15, 0.2) is 16.3 Å². The van der Waals surface area contributed by atoms with Gasteiger partial charge in [-0.1, -0.05) is 69.7 Å². The maximum absolute atomic E-state index is 13.8. The second kappa shape index (κ2) is 12.1. The minimum Gasteiger partial charge on any atom is -0.493 e. The Bertz CT molecular complexity index is 1860. The molecule has 1 aliphatic rings. The zero-order chi connectivity index (χ0) is 29.1. The lowest BCUT2D eigenvalue weighted by Crippen LogP contribution is -2.39. The van der Waals surface area contributed by atoms with Gasteiger partial charge in [0, 0.05) is 4.47 Å². The monoisotopic (exact) mass is 632 g/mol. The molecule has 0 aliphatic carbocycles. The van der Waals surface area contributed by atoms with E-state index in [0.717, 1.165) is 10.0 Å². The Kier molecular flexibility index (Phi) is 8.32. The first-order chi connectivity index (χ1) is 19.8. The van der Waals surface area contributed by atoms with Crippen molar-refractivity contribution in [1.82, 2.24) is 4.57 Å². The van der Waals surface area contributed by atoms with Crippen molar-refractivity contribution in [3.8, 4) is 11.5 Å². The number of carbonyl (C=O) groups is 2. The number of halogens is 1. The van der Waals surface area contributed by atoms with Crippen molar-refractivity contribution in [1.29, 1.82) is 0 Å². The van der Waals surface area contributed by atoms with Crippen molar-refractivity contribution in [2.45, 2.75) is 19.9 Å². The summed E-state index contributed by atoms with van der Waals surface area (Å²) < 4.78 is 19.1. The summed E-state index contributed by atoms with van der Waals surface area (Å²) >= 11 is 4.58. The second-order valence-corrected chi connectivity index (χ2v) is 10.9. The number of rotatable bonds is 7. The fraction of sp³-hybridized carbons (Fsp3) is 0.161. The molecule has 1 atom stereocenters. The van der Waals surface area contributed by atoms with E-state index in [1.54, 1.807) is 56.3 Å². The van der Waals surface area contributed by atoms with E-state index in [9.17, 15) is 14.4 Å². The van der Waals surface area contributed by atoms with Crippen molar-refractivity contribution in [2.75, 3.05) is 13.7 Å². The average Bonchev–Trinajstić information content (AvgIpc) is 3.27. The summed E-state index contributed by atoms with van der Waals surface area (Å²) in [7, 11) is 1.48. The first kappa shape index (κ1) is 28.3. The molecular weight excluding hydrogens is 608 g/mol. The Hall–Kier alpha value is -4.28. The van der Waals surface area contributed by atoms with Crippen LogP contribution in [0.5, 0.6) is 11.5 Å². The minimum atomic E-state index is -0.678. The van der Waals surface area contributed by atoms with Crippen LogP contribution in [0.2, 0.25) is 0 Å². The van der Waals surface area contributed by atoms with Crippen LogP contribution in [-0.2, 0) is 9.53 Å². The number of hydrogen-bond acceptors (Lipinski definition) is 8. The molecule has 0 saturated carbocycles. The highest BCUT2D eigenvalue weighted by molar-refractivity contribution is 9.10. The summed E-state index contributed by atoms with van der Waals surface area (Å²) in [5.74, 6) is -0.457. The smallest absolute Gasteiger partial charge is 0.343 e. The van der Waals surface area contributed by atoms with Gasteiger partial charge >= 0.3 is 11.9 Å². The van der Waals surface area contributed by atoms with E-state index in [1.807, 2.05) is 36.4 Å². The molecule has 1 aromatic heterocycles. The van der Waals surface area contributed by atoms with Crippen LogP contribution >= 0.6 is 27.3 Å². The molecule has 208 valence electrons. The standard InChI is InChI=1S/C31H25BrN2O6S/c1-4-39-30(37)26-18(2)33-31-34(27(26)20-9-6-5-7-10-20)28(35)25(41-31)16-19-13-14-23(24(15-19)38-3)40-29(36)21-11-8-12-22(32)17-21/h5-17,27H,4H2,1-3H3/b25-16+/t27-/m0/s1. The largest absolute Gasteiger partial charge is 0.493 e. The number of benzene rings is 3. The molecule has 4 aromatic rings. The number of aromatic nitrogens is 1. The first-order valence-corrected chi connectivity index (χ1v) is 14.3. The number of methoxy groups -OCH3 is 1. The molecule has 0 amide bonds. The Balaban J connectivity index is 1.55. The lowest BCUT2D eigenvalue weighted by Gasteiger charge is -2.24. The highest BCUT2D eigenvalue weighted by Gasteiger charge is 2.33. The number of thiazole rings is 1. The molecular formula is C31H25BrN2O6S. The van der Waals surface area contributed by atoms with Gasteiger partial charge in [-0.25, -0.2) is 14.6 Å². The minimum absolute atomic E-state index is 0.206. The third-order valence-electron chi connectivity index (χ3n) is 6.38. The van der Waals surface area contributed by atoms with E-state index in [2.05, 4.69) is 20.9 Å². The van der Waals surface area contributed by atoms with Gasteiger partial charge in [-0.05, 0) is 61.4 Å². The SMILES string of the molecule is CCOC(=O)C1=C(C)N=c2s/c(=C/c3ccc(OC(=O)c4cccc(Br)c4)c(OC)c3)c(=O)n2[C@H]1c1ccccc1. The Morgan fingerprint density at radius 1 is 1.02 bits per heavy atom. The van der Waals surface area contributed by atoms with Crippen LogP contribution in [0.1, 0.15) is 41.4 Å². The molecule has 1 aliphatic heterocycles.